The maximum Gasteiger partial charge on any atom is 0.212 e. The van der Waals surface area contributed by atoms with Crippen LogP contribution in [0.2, 0.25) is 0 Å². The Bertz CT molecular complexity index is 627. The lowest BCUT2D eigenvalue weighted by atomic mass is 10.1. The number of benzene rings is 1. The molecule has 0 aromatic carbocycles. The molecule has 2 aliphatic rings. The molecule has 4 nitrogen and oxygen atoms in total. The summed E-state index contributed by atoms with van der Waals surface area (Å²) in [5, 5.41) is 4.04. The normalized spacial score (nSPS) is 11.1. The van der Waals surface area contributed by atoms with Crippen LogP contribution in [0.15, 0.2) is 34.7 Å². The van der Waals surface area contributed by atoms with Crippen molar-refractivity contribution in [1.29, 1.82) is 0 Å². The molecule has 0 amide bonds. The molecule has 0 N–H and O–H groups in total. The average molecular weight is 203 g/mol. The van der Waals surface area contributed by atoms with Gasteiger partial charge in [0.25, 0.3) is 0 Å². The molecule has 0 bridgehead atoms. The number of hydrogen-bond donors (Lipinski definition) is 0. The Kier molecular flexibility index (Phi) is 1.43. The van der Waals surface area contributed by atoms with Gasteiger partial charge in [-0.2, -0.15) is 5.10 Å². The second kappa shape index (κ2) is 2.62. The van der Waals surface area contributed by atoms with Crippen LogP contribution in [0.1, 0.15) is 0 Å². The lowest BCUT2D eigenvalue weighted by molar-refractivity contribution is 0.939. The number of fused-ring (bicyclic) bond motifs is 2. The SMILES string of the molecule is O=c1cccc2nc3scnn3cc1-2. The second-order valence-corrected chi connectivity index (χ2v) is 3.71. The van der Waals surface area contributed by atoms with Gasteiger partial charge < -0.3 is 0 Å². The average Bonchev–Trinajstić information content (AvgIpc) is 2.62. The van der Waals surface area contributed by atoms with Crippen LogP contribution in [0, 0.1) is 0 Å². The van der Waals surface area contributed by atoms with Crippen molar-refractivity contribution < 1.29 is 0 Å². The van der Waals surface area contributed by atoms with Crippen LogP contribution < -0.4 is 5.43 Å². The number of rotatable bonds is 0. The van der Waals surface area contributed by atoms with Crippen LogP contribution in [-0.4, -0.2) is 14.6 Å². The van der Waals surface area contributed by atoms with Crippen molar-refractivity contribution in [2.45, 2.75) is 0 Å². The third-order valence-corrected chi connectivity index (χ3v) is 2.73. The van der Waals surface area contributed by atoms with Gasteiger partial charge in [0.1, 0.15) is 5.51 Å². The highest BCUT2D eigenvalue weighted by Gasteiger charge is 2.08. The molecule has 1 aromatic rings. The molecular weight excluding hydrogens is 198 g/mol. The van der Waals surface area contributed by atoms with Gasteiger partial charge in [-0.15, -0.1) is 0 Å². The van der Waals surface area contributed by atoms with Crippen LogP contribution >= 0.6 is 11.3 Å². The minimum atomic E-state index is -0.0163. The molecule has 2 heterocycles. The van der Waals surface area contributed by atoms with Crippen LogP contribution in [0.4, 0.5) is 0 Å². The quantitative estimate of drug-likeness (QED) is 0.552. The summed E-state index contributed by atoms with van der Waals surface area (Å²) < 4.78 is 1.62. The molecule has 1 aliphatic carbocycles. The molecule has 0 saturated carbocycles. The first-order chi connectivity index (χ1) is 6.84. The van der Waals surface area contributed by atoms with Gasteiger partial charge in [-0.05, 0) is 12.1 Å². The summed E-state index contributed by atoms with van der Waals surface area (Å²) in [4.78, 5) is 16.6. The molecule has 0 unspecified atom stereocenters. The Balaban J connectivity index is 2.58. The molecule has 3 rings (SSSR count). The first-order valence-electron chi connectivity index (χ1n) is 4.06. The summed E-state index contributed by atoms with van der Waals surface area (Å²) in [6.07, 6.45) is 1.72. The van der Waals surface area contributed by atoms with Crippen molar-refractivity contribution in [3.8, 4) is 11.3 Å². The molecule has 0 radical (unpaired) electrons. The summed E-state index contributed by atoms with van der Waals surface area (Å²) in [7, 11) is 0. The van der Waals surface area contributed by atoms with Crippen LogP contribution in [0.25, 0.3) is 16.2 Å². The van der Waals surface area contributed by atoms with E-state index in [0.717, 1.165) is 10.7 Å². The monoisotopic (exact) mass is 203 g/mol. The maximum atomic E-state index is 11.5. The zero-order valence-corrected chi connectivity index (χ0v) is 7.86. The summed E-state index contributed by atoms with van der Waals surface area (Å²) in [5.41, 5.74) is 3.01. The van der Waals surface area contributed by atoms with Crippen LogP contribution in [0.3, 0.4) is 0 Å². The smallest absolute Gasteiger partial charge is 0.212 e. The van der Waals surface area contributed by atoms with Gasteiger partial charge in [0.15, 0.2) is 5.43 Å². The van der Waals surface area contributed by atoms with E-state index in [1.807, 2.05) is 6.07 Å². The lowest BCUT2D eigenvalue weighted by Gasteiger charge is -2.01. The Morgan fingerprint density at radius 3 is 3.21 bits per heavy atom. The van der Waals surface area contributed by atoms with Gasteiger partial charge >= 0.3 is 0 Å². The van der Waals surface area contributed by atoms with E-state index in [4.69, 9.17) is 0 Å². The van der Waals surface area contributed by atoms with Gasteiger partial charge in [0.05, 0.1) is 11.3 Å². The first kappa shape index (κ1) is 7.64. The molecule has 1 aromatic heterocycles. The van der Waals surface area contributed by atoms with E-state index in [-0.39, 0.29) is 5.43 Å². The van der Waals surface area contributed by atoms with E-state index in [1.165, 1.54) is 17.4 Å². The molecule has 0 spiro atoms. The largest absolute Gasteiger partial charge is 0.289 e. The fraction of sp³-hybridized carbons (Fsp3) is 0. The highest BCUT2D eigenvalue weighted by molar-refractivity contribution is 7.14. The van der Waals surface area contributed by atoms with E-state index in [1.54, 1.807) is 22.3 Å². The van der Waals surface area contributed by atoms with Crippen LogP contribution in [-0.2, 0) is 0 Å². The summed E-state index contributed by atoms with van der Waals surface area (Å²) >= 11 is 1.45. The van der Waals surface area contributed by atoms with Gasteiger partial charge in [-0.3, -0.25) is 4.79 Å². The topological polar surface area (TPSA) is 47.3 Å². The fourth-order valence-corrected chi connectivity index (χ4v) is 1.98. The molecule has 0 fully saturated rings. The van der Waals surface area contributed by atoms with E-state index >= 15 is 0 Å². The van der Waals surface area contributed by atoms with Gasteiger partial charge in [0, 0.05) is 6.20 Å². The van der Waals surface area contributed by atoms with E-state index < -0.39 is 0 Å². The Labute approximate surface area is 82.8 Å². The van der Waals surface area contributed by atoms with Crippen LogP contribution in [0.5, 0.6) is 0 Å². The van der Waals surface area contributed by atoms with Gasteiger partial charge in [-0.1, -0.05) is 17.4 Å². The maximum absolute atomic E-state index is 11.5. The summed E-state index contributed by atoms with van der Waals surface area (Å²) in [6, 6.07) is 5.08. The van der Waals surface area contributed by atoms with Crippen molar-refractivity contribution >= 4 is 16.3 Å². The summed E-state index contributed by atoms with van der Waals surface area (Å²) in [6.45, 7) is 0. The van der Waals surface area contributed by atoms with Crippen molar-refractivity contribution in [3.05, 3.63) is 40.1 Å². The molecule has 0 atom stereocenters. The second-order valence-electron chi connectivity index (χ2n) is 2.90. The highest BCUT2D eigenvalue weighted by Crippen LogP contribution is 2.16. The van der Waals surface area contributed by atoms with Gasteiger partial charge in [-0.25, -0.2) is 9.50 Å². The lowest BCUT2D eigenvalue weighted by Crippen LogP contribution is -2.07. The van der Waals surface area contributed by atoms with Crippen molar-refractivity contribution in [2.75, 3.05) is 0 Å². The first-order valence-corrected chi connectivity index (χ1v) is 4.94. The number of nitrogens with zero attached hydrogens (tertiary/aromatic N) is 3. The molecule has 0 saturated heterocycles. The number of hydrogen-bond acceptors (Lipinski definition) is 4. The summed E-state index contributed by atoms with van der Waals surface area (Å²) in [5.74, 6) is 0. The van der Waals surface area contributed by atoms with E-state index in [9.17, 15) is 4.79 Å². The molecule has 14 heavy (non-hydrogen) atoms. The molecular formula is C9H5N3OS. The zero-order chi connectivity index (χ0) is 9.54. The minimum absolute atomic E-state index is 0.0163. The van der Waals surface area contributed by atoms with Crippen molar-refractivity contribution in [3.63, 3.8) is 0 Å². The predicted molar refractivity (Wildman–Crippen MR) is 53.8 cm³/mol. The zero-order valence-electron chi connectivity index (χ0n) is 7.04. The standard InChI is InChI=1S/C9H5N3OS/c13-8-3-1-2-7-6(8)4-12-9(11-7)14-5-10-12/h1-5H. The van der Waals surface area contributed by atoms with Crippen molar-refractivity contribution in [1.82, 2.24) is 14.6 Å². The highest BCUT2D eigenvalue weighted by atomic mass is 32.1. The Morgan fingerprint density at radius 1 is 1.36 bits per heavy atom. The minimum Gasteiger partial charge on any atom is -0.289 e. The Hall–Kier alpha value is -1.75. The fourth-order valence-electron chi connectivity index (χ4n) is 1.38. The third-order valence-electron chi connectivity index (χ3n) is 2.04. The van der Waals surface area contributed by atoms with E-state index in [0.29, 0.717) is 5.56 Å². The van der Waals surface area contributed by atoms with E-state index in [2.05, 4.69) is 10.1 Å². The Morgan fingerprint density at radius 2 is 2.29 bits per heavy atom. The predicted octanol–water partition coefficient (Wildman–Crippen LogP) is 1.26. The number of aromatic nitrogens is 3. The third kappa shape index (κ3) is 0.958. The van der Waals surface area contributed by atoms with Gasteiger partial charge in [0.2, 0.25) is 4.96 Å². The molecule has 68 valence electrons. The molecule has 1 aliphatic heterocycles. The molecule has 5 heteroatoms. The van der Waals surface area contributed by atoms with Crippen molar-refractivity contribution in [2.24, 2.45) is 0 Å².